The van der Waals surface area contributed by atoms with Crippen LogP contribution in [0.2, 0.25) is 0 Å². The molecule has 94 valence electrons. The van der Waals surface area contributed by atoms with Gasteiger partial charge in [0.2, 0.25) is 0 Å². The third kappa shape index (κ3) is 2.16. The molecule has 0 bridgehead atoms. The van der Waals surface area contributed by atoms with Crippen LogP contribution < -0.4 is 0 Å². The molecule has 0 N–H and O–H groups in total. The zero-order chi connectivity index (χ0) is 13.3. The van der Waals surface area contributed by atoms with Gasteiger partial charge in [-0.3, -0.25) is 4.79 Å². The van der Waals surface area contributed by atoms with Gasteiger partial charge in [-0.2, -0.15) is 13.2 Å². The van der Waals surface area contributed by atoms with Crippen molar-refractivity contribution in [3.63, 3.8) is 0 Å². The van der Waals surface area contributed by atoms with Crippen LogP contribution in [0, 0.1) is 6.92 Å². The van der Waals surface area contributed by atoms with Crippen molar-refractivity contribution < 1.29 is 22.4 Å². The first-order chi connectivity index (χ1) is 8.43. The molecule has 0 aliphatic heterocycles. The summed E-state index contributed by atoms with van der Waals surface area (Å²) in [5, 5.41) is 0. The van der Waals surface area contributed by atoms with Crippen molar-refractivity contribution in [1.29, 1.82) is 0 Å². The number of hydrogen-bond donors (Lipinski definition) is 0. The zero-order valence-corrected chi connectivity index (χ0v) is 9.41. The number of hydrogen-bond acceptors (Lipinski definition) is 2. The van der Waals surface area contributed by atoms with Crippen LogP contribution in [0.15, 0.2) is 34.9 Å². The van der Waals surface area contributed by atoms with E-state index in [1.165, 1.54) is 12.3 Å². The Balaban J connectivity index is 2.52. The minimum Gasteiger partial charge on any atom is -0.461 e. The predicted octanol–water partition coefficient (Wildman–Crippen LogP) is 4.09. The number of carbonyl (C=O) groups excluding carboxylic acids is 1. The van der Waals surface area contributed by atoms with Gasteiger partial charge in [0.15, 0.2) is 12.0 Å². The zero-order valence-electron chi connectivity index (χ0n) is 9.41. The summed E-state index contributed by atoms with van der Waals surface area (Å²) in [5.74, 6) is 0.109. The normalized spacial score (nSPS) is 11.6. The van der Waals surface area contributed by atoms with Crippen LogP contribution in [0.1, 0.15) is 21.7 Å². The van der Waals surface area contributed by atoms with Gasteiger partial charge in [-0.1, -0.05) is 6.07 Å². The van der Waals surface area contributed by atoms with E-state index < -0.39 is 11.7 Å². The third-order valence-electron chi connectivity index (χ3n) is 2.65. The number of rotatable bonds is 2. The van der Waals surface area contributed by atoms with Crippen molar-refractivity contribution in [1.82, 2.24) is 0 Å². The van der Waals surface area contributed by atoms with E-state index in [1.54, 1.807) is 13.0 Å². The smallest absolute Gasteiger partial charge is 0.416 e. The summed E-state index contributed by atoms with van der Waals surface area (Å²) < 4.78 is 42.5. The summed E-state index contributed by atoms with van der Waals surface area (Å²) in [4.78, 5) is 10.7. The fraction of sp³-hybridized carbons (Fsp3) is 0.154. The van der Waals surface area contributed by atoms with Crippen LogP contribution in [0.5, 0.6) is 0 Å². The average Bonchev–Trinajstić information content (AvgIpc) is 2.75. The SMILES string of the molecule is Cc1cc(C(F)(F)F)ccc1-c1ccoc1C=O. The fourth-order valence-electron chi connectivity index (χ4n) is 1.78. The van der Waals surface area contributed by atoms with Crippen LogP contribution >= 0.6 is 0 Å². The number of aryl methyl sites for hydroxylation is 1. The highest BCUT2D eigenvalue weighted by molar-refractivity contribution is 5.85. The Morgan fingerprint density at radius 2 is 1.89 bits per heavy atom. The number of benzene rings is 1. The molecule has 5 heteroatoms. The molecule has 0 saturated carbocycles. The minimum absolute atomic E-state index is 0.109. The lowest BCUT2D eigenvalue weighted by atomic mass is 9.99. The Kier molecular flexibility index (Phi) is 2.98. The molecule has 0 aliphatic carbocycles. The minimum atomic E-state index is -4.37. The third-order valence-corrected chi connectivity index (χ3v) is 2.65. The van der Waals surface area contributed by atoms with E-state index >= 15 is 0 Å². The fourth-order valence-corrected chi connectivity index (χ4v) is 1.78. The van der Waals surface area contributed by atoms with Gasteiger partial charge in [0.25, 0.3) is 0 Å². The molecule has 2 nitrogen and oxygen atoms in total. The van der Waals surface area contributed by atoms with Gasteiger partial charge < -0.3 is 4.42 Å². The quantitative estimate of drug-likeness (QED) is 0.755. The molecule has 0 fully saturated rings. The molecule has 0 amide bonds. The van der Waals surface area contributed by atoms with E-state index in [0.717, 1.165) is 12.1 Å². The number of halogens is 3. The molecule has 0 atom stereocenters. The Hall–Kier alpha value is -2.04. The second-order valence-corrected chi connectivity index (χ2v) is 3.84. The Morgan fingerprint density at radius 3 is 2.44 bits per heavy atom. The number of alkyl halides is 3. The van der Waals surface area contributed by atoms with Crippen LogP contribution in [0.3, 0.4) is 0 Å². The molecule has 0 radical (unpaired) electrons. The van der Waals surface area contributed by atoms with Gasteiger partial charge in [-0.15, -0.1) is 0 Å². The van der Waals surface area contributed by atoms with Gasteiger partial charge in [-0.25, -0.2) is 0 Å². The standard InChI is InChI=1S/C13H9F3O2/c1-8-6-9(13(14,15)16)2-3-10(8)11-4-5-18-12(11)7-17/h2-7H,1H3. The molecule has 0 saturated heterocycles. The largest absolute Gasteiger partial charge is 0.461 e. The Labute approximate surface area is 101 Å². The highest BCUT2D eigenvalue weighted by Crippen LogP contribution is 2.34. The molecule has 1 aromatic carbocycles. The molecule has 18 heavy (non-hydrogen) atoms. The van der Waals surface area contributed by atoms with E-state index in [9.17, 15) is 18.0 Å². The van der Waals surface area contributed by atoms with E-state index in [1.807, 2.05) is 0 Å². The number of aldehydes is 1. The van der Waals surface area contributed by atoms with Crippen molar-refractivity contribution >= 4 is 6.29 Å². The Morgan fingerprint density at radius 1 is 1.17 bits per heavy atom. The molecule has 0 unspecified atom stereocenters. The van der Waals surface area contributed by atoms with Gasteiger partial charge in [0.1, 0.15) is 0 Å². The maximum Gasteiger partial charge on any atom is 0.416 e. The maximum atomic E-state index is 12.5. The second kappa shape index (κ2) is 4.33. The molecule has 1 aromatic heterocycles. The monoisotopic (exact) mass is 254 g/mol. The summed E-state index contributed by atoms with van der Waals surface area (Å²) in [6, 6.07) is 4.94. The molecular weight excluding hydrogens is 245 g/mol. The second-order valence-electron chi connectivity index (χ2n) is 3.84. The van der Waals surface area contributed by atoms with Gasteiger partial charge in [-0.05, 0) is 36.2 Å². The average molecular weight is 254 g/mol. The predicted molar refractivity (Wildman–Crippen MR) is 59.3 cm³/mol. The van der Waals surface area contributed by atoms with Crippen molar-refractivity contribution in [3.8, 4) is 11.1 Å². The first-order valence-electron chi connectivity index (χ1n) is 5.14. The van der Waals surface area contributed by atoms with Crippen LogP contribution in [-0.2, 0) is 6.18 Å². The van der Waals surface area contributed by atoms with E-state index in [4.69, 9.17) is 4.42 Å². The first kappa shape index (κ1) is 12.4. The molecule has 0 spiro atoms. The van der Waals surface area contributed by atoms with Crippen LogP contribution in [0.25, 0.3) is 11.1 Å². The summed E-state index contributed by atoms with van der Waals surface area (Å²) in [7, 11) is 0. The summed E-state index contributed by atoms with van der Waals surface area (Å²) >= 11 is 0. The van der Waals surface area contributed by atoms with Gasteiger partial charge in [0.05, 0.1) is 11.8 Å². The Bertz CT molecular complexity index is 582. The number of furan rings is 1. The van der Waals surface area contributed by atoms with Crippen molar-refractivity contribution in [2.75, 3.05) is 0 Å². The first-order valence-corrected chi connectivity index (χ1v) is 5.14. The summed E-state index contributed by atoms with van der Waals surface area (Å²) in [6.45, 7) is 1.56. The highest BCUT2D eigenvalue weighted by atomic mass is 19.4. The molecule has 0 aliphatic rings. The molecule has 2 aromatic rings. The van der Waals surface area contributed by atoms with E-state index in [2.05, 4.69) is 0 Å². The van der Waals surface area contributed by atoms with Crippen molar-refractivity contribution in [2.24, 2.45) is 0 Å². The highest BCUT2D eigenvalue weighted by Gasteiger charge is 2.30. The van der Waals surface area contributed by atoms with E-state index in [0.29, 0.717) is 23.0 Å². The van der Waals surface area contributed by atoms with Gasteiger partial charge >= 0.3 is 6.18 Å². The summed E-state index contributed by atoms with van der Waals surface area (Å²) in [6.07, 6.45) is -2.50. The summed E-state index contributed by atoms with van der Waals surface area (Å²) in [5.41, 5.74) is 0.782. The van der Waals surface area contributed by atoms with E-state index in [-0.39, 0.29) is 5.76 Å². The number of carbonyl (C=O) groups is 1. The molecular formula is C13H9F3O2. The van der Waals surface area contributed by atoms with Gasteiger partial charge in [0, 0.05) is 5.56 Å². The van der Waals surface area contributed by atoms with Crippen LogP contribution in [-0.4, -0.2) is 6.29 Å². The van der Waals surface area contributed by atoms with Crippen LogP contribution in [0.4, 0.5) is 13.2 Å². The van der Waals surface area contributed by atoms with Crippen molar-refractivity contribution in [2.45, 2.75) is 13.1 Å². The molecule has 1 heterocycles. The van der Waals surface area contributed by atoms with Crippen molar-refractivity contribution in [3.05, 3.63) is 47.4 Å². The lowest BCUT2D eigenvalue weighted by Crippen LogP contribution is -2.05. The lowest BCUT2D eigenvalue weighted by molar-refractivity contribution is -0.137. The topological polar surface area (TPSA) is 30.2 Å². The molecule has 2 rings (SSSR count). The lowest BCUT2D eigenvalue weighted by Gasteiger charge is -2.10. The maximum absolute atomic E-state index is 12.5.